The minimum atomic E-state index is -3.59. The van der Waals surface area contributed by atoms with Crippen LogP contribution >= 0.6 is 23.2 Å². The van der Waals surface area contributed by atoms with Gasteiger partial charge in [0.1, 0.15) is 6.61 Å². The lowest BCUT2D eigenvalue weighted by Gasteiger charge is -2.49. The van der Waals surface area contributed by atoms with Gasteiger partial charge in [-0.25, -0.2) is 18.6 Å². The topological polar surface area (TPSA) is 121 Å². The van der Waals surface area contributed by atoms with Gasteiger partial charge in [-0.2, -0.15) is 0 Å². The van der Waals surface area contributed by atoms with Crippen LogP contribution in [-0.2, 0) is 26.3 Å². The quantitative estimate of drug-likeness (QED) is 0.315. The minimum Gasteiger partial charge on any atom is -0.378 e. The highest BCUT2D eigenvalue weighted by Gasteiger charge is 2.49. The minimum absolute atomic E-state index is 0.0296. The van der Waals surface area contributed by atoms with E-state index < -0.39 is 40.0 Å². The first-order valence-electron chi connectivity index (χ1n) is 14.3. The maximum atomic E-state index is 14.5. The number of hydrogen-bond donors (Lipinski definition) is 2. The number of nitrogens with one attached hydrogen (secondary N) is 2. The first-order valence-corrected chi connectivity index (χ1v) is 17.0. The van der Waals surface area contributed by atoms with Crippen molar-refractivity contribution in [3.63, 3.8) is 0 Å². The second-order valence-corrected chi connectivity index (χ2v) is 14.0. The van der Waals surface area contributed by atoms with Gasteiger partial charge < -0.3 is 9.80 Å². The number of pyridine rings is 1. The molecule has 1 unspecified atom stereocenters. The standard InChI is InChI=1S/C31H35Cl2N5O5S/c1-37(2)21-12-14-22-24(17-21)28(30(39)35-43-18-20-8-6-7-15-34-20)29(23-13-11-19(32)16-25(23)33)38(31(22)40)27-10-5-4-9-26(27)36-44(3,41)42/h6-8,11-17,26-29,36H,4-5,9-10,18H2,1-3H3,(H,35,39)/t26-,27?,28+,29-/m0/s1. The fraction of sp³-hybridized carbons (Fsp3) is 0.387. The monoisotopic (exact) mass is 659 g/mol. The van der Waals surface area contributed by atoms with Crippen molar-refractivity contribution in [2.75, 3.05) is 25.3 Å². The third-order valence-electron chi connectivity index (χ3n) is 8.10. The van der Waals surface area contributed by atoms with E-state index in [0.29, 0.717) is 40.2 Å². The highest BCUT2D eigenvalue weighted by atomic mass is 35.5. The number of amides is 2. The van der Waals surface area contributed by atoms with Crippen LogP contribution in [0.1, 0.15) is 64.8 Å². The molecule has 234 valence electrons. The summed E-state index contributed by atoms with van der Waals surface area (Å²) in [5.74, 6) is -1.77. The molecule has 3 aromatic rings. The van der Waals surface area contributed by atoms with Crippen LogP contribution in [0.5, 0.6) is 0 Å². The number of aromatic nitrogens is 1. The molecule has 2 aliphatic rings. The van der Waals surface area contributed by atoms with E-state index in [1.165, 1.54) is 0 Å². The van der Waals surface area contributed by atoms with Gasteiger partial charge in [-0.1, -0.05) is 48.2 Å². The molecule has 1 aliphatic heterocycles. The van der Waals surface area contributed by atoms with Gasteiger partial charge in [-0.3, -0.25) is 19.4 Å². The van der Waals surface area contributed by atoms with E-state index in [1.54, 1.807) is 47.5 Å². The van der Waals surface area contributed by atoms with Gasteiger partial charge in [0, 0.05) is 53.7 Å². The lowest BCUT2D eigenvalue weighted by atomic mass is 9.76. The second kappa shape index (κ2) is 13.4. The predicted molar refractivity (Wildman–Crippen MR) is 170 cm³/mol. The van der Waals surface area contributed by atoms with Crippen molar-refractivity contribution < 1.29 is 22.8 Å². The molecule has 44 heavy (non-hydrogen) atoms. The van der Waals surface area contributed by atoms with Crippen molar-refractivity contribution in [2.24, 2.45) is 0 Å². The number of benzene rings is 2. The molecule has 5 rings (SSSR count). The number of hydroxylamine groups is 1. The van der Waals surface area contributed by atoms with Crippen molar-refractivity contribution in [2.45, 2.75) is 56.3 Å². The highest BCUT2D eigenvalue weighted by molar-refractivity contribution is 7.88. The number of fused-ring (bicyclic) bond motifs is 1. The third-order valence-corrected chi connectivity index (χ3v) is 9.40. The van der Waals surface area contributed by atoms with Gasteiger partial charge in [-0.05, 0) is 66.4 Å². The van der Waals surface area contributed by atoms with Crippen LogP contribution < -0.4 is 15.1 Å². The Kier molecular flexibility index (Phi) is 9.81. The van der Waals surface area contributed by atoms with E-state index in [4.69, 9.17) is 28.0 Å². The van der Waals surface area contributed by atoms with Gasteiger partial charge >= 0.3 is 0 Å². The summed E-state index contributed by atoms with van der Waals surface area (Å²) >= 11 is 13.1. The Bertz CT molecular complexity index is 1640. The zero-order chi connectivity index (χ0) is 31.6. The smallest absolute Gasteiger partial charge is 0.255 e. The summed E-state index contributed by atoms with van der Waals surface area (Å²) in [6.07, 6.45) is 5.40. The molecule has 4 atom stereocenters. The Morgan fingerprint density at radius 3 is 2.52 bits per heavy atom. The predicted octanol–water partition coefficient (Wildman–Crippen LogP) is 4.84. The summed E-state index contributed by atoms with van der Waals surface area (Å²) in [4.78, 5) is 42.2. The number of rotatable bonds is 9. The summed E-state index contributed by atoms with van der Waals surface area (Å²) < 4.78 is 27.6. The van der Waals surface area contributed by atoms with E-state index in [0.717, 1.165) is 24.8 Å². The molecule has 2 heterocycles. The first kappa shape index (κ1) is 32.2. The SMILES string of the molecule is CN(C)c1ccc2c(c1)[C@@H](C(=O)NOCc1ccccn1)[C@H](c1ccc(Cl)cc1Cl)N(C1CCCC[C@@H]1NS(C)(=O)=O)C2=O. The number of anilines is 1. The number of hydrogen-bond acceptors (Lipinski definition) is 7. The Labute approximate surface area is 267 Å². The van der Waals surface area contributed by atoms with Crippen molar-refractivity contribution in [1.29, 1.82) is 0 Å². The molecule has 2 aromatic carbocycles. The molecular weight excluding hydrogens is 625 g/mol. The van der Waals surface area contributed by atoms with Crippen LogP contribution in [0.25, 0.3) is 0 Å². The number of halogens is 2. The molecule has 2 N–H and O–H groups in total. The lowest BCUT2D eigenvalue weighted by molar-refractivity contribution is -0.138. The molecule has 13 heteroatoms. The summed E-state index contributed by atoms with van der Waals surface area (Å²) in [5.41, 5.74) is 5.39. The molecule has 1 aliphatic carbocycles. The molecule has 0 bridgehead atoms. The summed E-state index contributed by atoms with van der Waals surface area (Å²) in [5, 5.41) is 0.680. The van der Waals surface area contributed by atoms with Crippen LogP contribution in [0.4, 0.5) is 5.69 Å². The van der Waals surface area contributed by atoms with E-state index in [1.807, 2.05) is 37.2 Å². The van der Waals surface area contributed by atoms with Crippen molar-refractivity contribution in [1.82, 2.24) is 20.1 Å². The Hall–Kier alpha value is -3.22. The number of nitrogens with zero attached hydrogens (tertiary/aromatic N) is 3. The number of carbonyl (C=O) groups excluding carboxylic acids is 2. The third kappa shape index (κ3) is 7.02. The second-order valence-electron chi connectivity index (χ2n) is 11.4. The zero-order valence-corrected chi connectivity index (χ0v) is 27.0. The molecular formula is C31H35Cl2N5O5S. The Morgan fingerprint density at radius 2 is 1.84 bits per heavy atom. The Balaban J connectivity index is 1.66. The molecule has 10 nitrogen and oxygen atoms in total. The van der Waals surface area contributed by atoms with Gasteiger partial charge in [0.25, 0.3) is 11.8 Å². The zero-order valence-electron chi connectivity index (χ0n) is 24.7. The van der Waals surface area contributed by atoms with Crippen LogP contribution in [0.3, 0.4) is 0 Å². The highest BCUT2D eigenvalue weighted by Crippen LogP contribution is 2.48. The van der Waals surface area contributed by atoms with Gasteiger partial charge in [-0.15, -0.1) is 0 Å². The van der Waals surface area contributed by atoms with Crippen LogP contribution in [0, 0.1) is 0 Å². The van der Waals surface area contributed by atoms with Gasteiger partial charge in [0.05, 0.1) is 23.9 Å². The average Bonchev–Trinajstić information content (AvgIpc) is 2.97. The maximum Gasteiger partial charge on any atom is 0.255 e. The Morgan fingerprint density at radius 1 is 1.07 bits per heavy atom. The lowest BCUT2D eigenvalue weighted by Crippen LogP contribution is -2.59. The van der Waals surface area contributed by atoms with E-state index in [-0.39, 0.29) is 17.5 Å². The van der Waals surface area contributed by atoms with E-state index >= 15 is 0 Å². The molecule has 1 aromatic heterocycles. The number of sulfonamides is 1. The summed E-state index contributed by atoms with van der Waals surface area (Å²) in [6, 6.07) is 13.7. The fourth-order valence-corrected chi connectivity index (χ4v) is 7.52. The van der Waals surface area contributed by atoms with Gasteiger partial charge in [0.2, 0.25) is 10.0 Å². The molecule has 1 saturated carbocycles. The van der Waals surface area contributed by atoms with Gasteiger partial charge in [0.15, 0.2) is 0 Å². The molecule has 2 amide bonds. The fourth-order valence-electron chi connectivity index (χ4n) is 6.17. The summed E-state index contributed by atoms with van der Waals surface area (Å²) in [7, 11) is 0.157. The van der Waals surface area contributed by atoms with Crippen LogP contribution in [0.15, 0.2) is 60.8 Å². The van der Waals surface area contributed by atoms with E-state index in [2.05, 4.69) is 15.2 Å². The molecule has 0 radical (unpaired) electrons. The first-order chi connectivity index (χ1) is 20.9. The van der Waals surface area contributed by atoms with E-state index in [9.17, 15) is 18.0 Å². The van der Waals surface area contributed by atoms with Crippen molar-refractivity contribution >= 4 is 50.7 Å². The molecule has 0 saturated heterocycles. The van der Waals surface area contributed by atoms with Crippen molar-refractivity contribution in [3.05, 3.63) is 93.2 Å². The van der Waals surface area contributed by atoms with Crippen LogP contribution in [0.2, 0.25) is 10.0 Å². The van der Waals surface area contributed by atoms with Crippen molar-refractivity contribution in [3.8, 4) is 0 Å². The average molecular weight is 661 g/mol. The molecule has 0 spiro atoms. The van der Waals surface area contributed by atoms with Crippen LogP contribution in [-0.4, -0.2) is 62.6 Å². The summed E-state index contributed by atoms with van der Waals surface area (Å²) in [6.45, 7) is 0.0296. The molecule has 1 fully saturated rings. The maximum absolute atomic E-state index is 14.5. The number of carbonyl (C=O) groups is 2. The largest absolute Gasteiger partial charge is 0.378 e. The normalized spacial score (nSPS) is 21.9.